The van der Waals surface area contributed by atoms with Gasteiger partial charge in [0.25, 0.3) is 0 Å². The lowest BCUT2D eigenvalue weighted by Crippen LogP contribution is -2.56. The summed E-state index contributed by atoms with van der Waals surface area (Å²) >= 11 is 3.32. The van der Waals surface area contributed by atoms with Crippen LogP contribution in [0, 0.1) is 0 Å². The molecular weight excluding hydrogens is 440 g/mol. The van der Waals surface area contributed by atoms with Gasteiger partial charge in [0.2, 0.25) is 0 Å². The fourth-order valence-corrected chi connectivity index (χ4v) is 6.51. The van der Waals surface area contributed by atoms with Crippen molar-refractivity contribution in [2.45, 2.75) is 110 Å². The minimum Gasteiger partial charge on any atom is -0.248 e. The molecule has 27 heavy (non-hydrogen) atoms. The smallest absolute Gasteiger partial charge is 0.169 e. The fraction of sp³-hybridized carbons (Fsp3) is 1.00. The molecule has 0 bridgehead atoms. The van der Waals surface area contributed by atoms with Crippen molar-refractivity contribution in [1.29, 1.82) is 0 Å². The van der Waals surface area contributed by atoms with Crippen LogP contribution in [0.5, 0.6) is 0 Å². The average Bonchev–Trinajstić information content (AvgIpc) is 2.61. The third-order valence-corrected chi connectivity index (χ3v) is 7.89. The molecule has 11 atom stereocenters. The molecule has 0 aromatic rings. The quantitative estimate of drug-likeness (QED) is 0.254. The minimum atomic E-state index is -2.27. The first-order valence-corrected chi connectivity index (χ1v) is 10.8. The molecule has 3 aliphatic carbocycles. The van der Waals surface area contributed by atoms with Crippen LogP contribution in [0.15, 0.2) is 0 Å². The molecule has 0 radical (unpaired) electrons. The Balaban J connectivity index is 2.02. The predicted octanol–water partition coefficient (Wildman–Crippen LogP) is 6.49. The zero-order chi connectivity index (χ0) is 19.9. The maximum atomic E-state index is 14.9. The molecule has 3 saturated carbocycles. The van der Waals surface area contributed by atoms with E-state index in [1.807, 2.05) is 0 Å². The lowest BCUT2D eigenvalue weighted by Gasteiger charge is -2.48. The lowest BCUT2D eigenvalue weighted by molar-refractivity contribution is 0.0522. The molecule has 0 amide bonds. The summed E-state index contributed by atoms with van der Waals surface area (Å²) in [4.78, 5) is -0.537. The Morgan fingerprint density at radius 1 is 0.519 bits per heavy atom. The largest absolute Gasteiger partial charge is 0.248 e. The highest BCUT2D eigenvalue weighted by Gasteiger charge is 2.59. The van der Waals surface area contributed by atoms with Crippen molar-refractivity contribution in [1.82, 2.24) is 0 Å². The van der Waals surface area contributed by atoms with Gasteiger partial charge in [0.1, 0.15) is 24.7 Å². The summed E-state index contributed by atoms with van der Waals surface area (Å²) in [5, 5.41) is 0. The lowest BCUT2D eigenvalue weighted by atomic mass is 9.22. The Kier molecular flexibility index (Phi) is 7.11. The average molecular weight is 465 g/mol. The molecule has 3 unspecified atom stereocenters. The molecule has 156 valence electrons. The number of rotatable bonds is 3. The number of hydrogen-bond acceptors (Lipinski definition) is 0. The van der Waals surface area contributed by atoms with Crippen LogP contribution in [0.2, 0.25) is 17.5 Å². The molecule has 0 saturated heterocycles. The van der Waals surface area contributed by atoms with E-state index in [9.17, 15) is 30.7 Å². The summed E-state index contributed by atoms with van der Waals surface area (Å²) in [6, 6.07) is 0. The van der Waals surface area contributed by atoms with Crippen LogP contribution in [-0.4, -0.2) is 54.7 Å². The molecule has 0 aromatic carbocycles. The van der Waals surface area contributed by atoms with Crippen LogP contribution in [0.25, 0.3) is 0 Å². The van der Waals surface area contributed by atoms with E-state index < -0.39 is 72.2 Å². The maximum Gasteiger partial charge on any atom is 0.169 e. The summed E-state index contributed by atoms with van der Waals surface area (Å²) in [5.41, 5.74) is 0. The van der Waals surface area contributed by atoms with Crippen molar-refractivity contribution < 1.29 is 30.7 Å². The molecular formula is C18H25BBrF7. The van der Waals surface area contributed by atoms with E-state index in [4.69, 9.17) is 0 Å². The van der Waals surface area contributed by atoms with Crippen molar-refractivity contribution in [2.24, 2.45) is 0 Å². The second kappa shape index (κ2) is 8.82. The van der Waals surface area contributed by atoms with Crippen LogP contribution in [-0.2, 0) is 0 Å². The number of hydrogen-bond donors (Lipinski definition) is 0. The van der Waals surface area contributed by atoms with Gasteiger partial charge in [-0.3, -0.25) is 0 Å². The third-order valence-electron chi connectivity index (χ3n) is 6.83. The van der Waals surface area contributed by atoms with E-state index in [-0.39, 0.29) is 32.1 Å². The number of alkyl halides is 8. The highest BCUT2D eigenvalue weighted by atomic mass is 79.9. The minimum absolute atomic E-state index is 0.114. The molecule has 0 aliphatic heterocycles. The maximum absolute atomic E-state index is 14.9. The molecule has 0 nitrogen and oxygen atoms in total. The first kappa shape index (κ1) is 21.8. The summed E-state index contributed by atoms with van der Waals surface area (Å²) in [6.07, 6.45) is -13.7. The van der Waals surface area contributed by atoms with E-state index in [0.717, 1.165) is 0 Å². The van der Waals surface area contributed by atoms with Gasteiger partial charge in [-0.2, -0.15) is 0 Å². The van der Waals surface area contributed by atoms with Crippen LogP contribution < -0.4 is 0 Å². The van der Waals surface area contributed by atoms with Crippen LogP contribution in [0.3, 0.4) is 0 Å². The molecule has 0 heterocycles. The summed E-state index contributed by atoms with van der Waals surface area (Å²) in [5.74, 6) is -4.40. The normalized spacial score (nSPS) is 51.8. The van der Waals surface area contributed by atoms with E-state index in [1.165, 1.54) is 0 Å². The van der Waals surface area contributed by atoms with Gasteiger partial charge in [-0.15, -0.1) is 0 Å². The molecule has 3 aliphatic rings. The zero-order valence-corrected chi connectivity index (χ0v) is 16.5. The van der Waals surface area contributed by atoms with Gasteiger partial charge in [-0.25, -0.2) is 30.7 Å². The standard InChI is InChI=1S/C18H25BBrF7/c20-8-2-1-3-9(21)14(8)19(15-10(22)4-6-12(24)17(15)26)16-11(23)5-7-13(25)18(16)27/h8-18H,1-7H2/t8-,9-,10-,11-,12-,13-,14?,15?,16?,17-,18-/m1/s1. The summed E-state index contributed by atoms with van der Waals surface area (Å²) in [7, 11) is 0. The topological polar surface area (TPSA) is 0 Å². The first-order valence-electron chi connectivity index (χ1n) is 9.86. The summed E-state index contributed by atoms with van der Waals surface area (Å²) in [6.45, 7) is -1.43. The Hall–Kier alpha value is 0.0549. The first-order chi connectivity index (χ1) is 12.7. The summed E-state index contributed by atoms with van der Waals surface area (Å²) < 4.78 is 102. The van der Waals surface area contributed by atoms with Gasteiger partial charge in [0.05, 0.1) is 18.5 Å². The molecule has 3 fully saturated rings. The van der Waals surface area contributed by atoms with Gasteiger partial charge in [-0.05, 0) is 50.8 Å². The van der Waals surface area contributed by atoms with E-state index in [0.29, 0.717) is 12.8 Å². The van der Waals surface area contributed by atoms with Crippen molar-refractivity contribution in [3.8, 4) is 0 Å². The van der Waals surface area contributed by atoms with E-state index in [2.05, 4.69) is 15.9 Å². The SMILES string of the molecule is F[C@@H]1CCC[C@@H](Br)C1B(C1[C@H](F)CC[C@@H](F)[C@H]1F)C1[C@H](F)CC[C@@H](F)[C@H]1F. The number of halogens is 8. The van der Waals surface area contributed by atoms with Gasteiger partial charge in [-0.1, -0.05) is 15.9 Å². The van der Waals surface area contributed by atoms with Crippen molar-refractivity contribution in [2.75, 3.05) is 0 Å². The Morgan fingerprint density at radius 2 is 0.926 bits per heavy atom. The van der Waals surface area contributed by atoms with Gasteiger partial charge >= 0.3 is 0 Å². The van der Waals surface area contributed by atoms with Crippen LogP contribution >= 0.6 is 15.9 Å². The second-order valence-electron chi connectivity index (χ2n) is 8.38. The predicted molar refractivity (Wildman–Crippen MR) is 96.3 cm³/mol. The molecule has 3 rings (SSSR count). The monoisotopic (exact) mass is 464 g/mol. The third kappa shape index (κ3) is 4.18. The van der Waals surface area contributed by atoms with Crippen molar-refractivity contribution in [3.05, 3.63) is 0 Å². The van der Waals surface area contributed by atoms with Crippen LogP contribution in [0.4, 0.5) is 30.7 Å². The van der Waals surface area contributed by atoms with Gasteiger partial charge in [0, 0.05) is 16.5 Å². The van der Waals surface area contributed by atoms with Crippen LogP contribution in [0.1, 0.15) is 44.9 Å². The fourth-order valence-electron chi connectivity index (χ4n) is 5.50. The van der Waals surface area contributed by atoms with Crippen molar-refractivity contribution in [3.63, 3.8) is 0 Å². The Bertz CT molecular complexity index is 460. The Morgan fingerprint density at radius 3 is 1.37 bits per heavy atom. The van der Waals surface area contributed by atoms with Gasteiger partial charge in [0.15, 0.2) is 6.71 Å². The molecule has 0 spiro atoms. The molecule has 0 N–H and O–H groups in total. The Labute approximate surface area is 164 Å². The second-order valence-corrected chi connectivity index (χ2v) is 9.56. The molecule has 9 heteroatoms. The molecule has 0 aromatic heterocycles. The zero-order valence-electron chi connectivity index (χ0n) is 14.9. The highest BCUT2D eigenvalue weighted by molar-refractivity contribution is 9.09. The van der Waals surface area contributed by atoms with Crippen molar-refractivity contribution >= 4 is 22.6 Å². The highest BCUT2D eigenvalue weighted by Crippen LogP contribution is 2.54. The van der Waals surface area contributed by atoms with E-state index in [1.54, 1.807) is 0 Å². The van der Waals surface area contributed by atoms with Gasteiger partial charge < -0.3 is 0 Å². The van der Waals surface area contributed by atoms with E-state index >= 15 is 0 Å².